The molecule has 2 N–H and O–H groups in total. The lowest BCUT2D eigenvalue weighted by Gasteiger charge is -2.23. The second-order valence-electron chi connectivity index (χ2n) is 4.14. The first-order valence-corrected chi connectivity index (χ1v) is 6.71. The summed E-state index contributed by atoms with van der Waals surface area (Å²) in [7, 11) is 0. The van der Waals surface area contributed by atoms with Gasteiger partial charge in [0.1, 0.15) is 0 Å². The van der Waals surface area contributed by atoms with Gasteiger partial charge in [0.15, 0.2) is 0 Å². The van der Waals surface area contributed by atoms with Crippen LogP contribution in [-0.2, 0) is 6.42 Å². The topological polar surface area (TPSA) is 41.1 Å². The molecule has 0 radical (unpaired) electrons. The van der Waals surface area contributed by atoms with Gasteiger partial charge < -0.3 is 10.6 Å². The van der Waals surface area contributed by atoms with Crippen molar-refractivity contribution in [3.63, 3.8) is 0 Å². The van der Waals surface area contributed by atoms with E-state index in [2.05, 4.69) is 17.6 Å². The van der Waals surface area contributed by atoms with Gasteiger partial charge in [0.25, 0.3) is 5.91 Å². The number of amides is 1. The van der Waals surface area contributed by atoms with Crippen molar-refractivity contribution in [3.05, 3.63) is 21.9 Å². The highest BCUT2D eigenvalue weighted by atomic mass is 32.1. The van der Waals surface area contributed by atoms with Gasteiger partial charge in [-0.2, -0.15) is 0 Å². The number of thiophene rings is 1. The van der Waals surface area contributed by atoms with Crippen LogP contribution in [-0.4, -0.2) is 25.0 Å². The lowest BCUT2D eigenvalue weighted by molar-refractivity contribution is 0.0935. The quantitative estimate of drug-likeness (QED) is 0.843. The van der Waals surface area contributed by atoms with Crippen molar-refractivity contribution in [2.75, 3.05) is 13.1 Å². The van der Waals surface area contributed by atoms with Gasteiger partial charge in [-0.1, -0.05) is 6.92 Å². The van der Waals surface area contributed by atoms with Gasteiger partial charge in [0, 0.05) is 17.5 Å². The third-order valence-electron chi connectivity index (χ3n) is 2.87. The maximum absolute atomic E-state index is 11.9. The molecule has 1 atom stereocenters. The molecule has 2 heterocycles. The molecule has 1 aromatic rings. The minimum atomic E-state index is 0.0819. The summed E-state index contributed by atoms with van der Waals surface area (Å²) in [5.74, 6) is 0.0819. The number of piperidine rings is 1. The molecule has 16 heavy (non-hydrogen) atoms. The zero-order valence-corrected chi connectivity index (χ0v) is 10.4. The first-order valence-electron chi connectivity index (χ1n) is 5.90. The Morgan fingerprint density at radius 2 is 2.50 bits per heavy atom. The molecule has 1 aliphatic heterocycles. The molecule has 0 spiro atoms. The molecule has 1 aliphatic rings. The highest BCUT2D eigenvalue weighted by molar-refractivity contribution is 7.14. The maximum atomic E-state index is 11.9. The van der Waals surface area contributed by atoms with Crippen LogP contribution in [0.4, 0.5) is 0 Å². The monoisotopic (exact) mass is 238 g/mol. The summed E-state index contributed by atoms with van der Waals surface area (Å²) in [6.07, 6.45) is 3.24. The van der Waals surface area contributed by atoms with Crippen molar-refractivity contribution < 1.29 is 4.79 Å². The average molecular weight is 238 g/mol. The number of carbonyl (C=O) groups is 1. The van der Waals surface area contributed by atoms with E-state index in [4.69, 9.17) is 0 Å². The van der Waals surface area contributed by atoms with Crippen LogP contribution in [0.1, 0.15) is 34.3 Å². The van der Waals surface area contributed by atoms with Crippen molar-refractivity contribution in [3.8, 4) is 0 Å². The van der Waals surface area contributed by atoms with Crippen molar-refractivity contribution in [2.45, 2.75) is 32.2 Å². The molecular formula is C12H18N2OS. The summed E-state index contributed by atoms with van der Waals surface area (Å²) < 4.78 is 0. The maximum Gasteiger partial charge on any atom is 0.261 e. The number of nitrogens with one attached hydrogen (secondary N) is 2. The van der Waals surface area contributed by atoms with Gasteiger partial charge in [-0.3, -0.25) is 4.79 Å². The van der Waals surface area contributed by atoms with E-state index in [0.29, 0.717) is 6.04 Å². The highest BCUT2D eigenvalue weighted by Gasteiger charge is 2.17. The van der Waals surface area contributed by atoms with E-state index in [0.717, 1.165) is 37.2 Å². The third kappa shape index (κ3) is 2.83. The second-order valence-corrected chi connectivity index (χ2v) is 5.30. The zero-order valence-electron chi connectivity index (χ0n) is 9.58. The van der Waals surface area contributed by atoms with E-state index in [9.17, 15) is 4.79 Å². The van der Waals surface area contributed by atoms with Crippen LogP contribution >= 0.6 is 11.3 Å². The van der Waals surface area contributed by atoms with Gasteiger partial charge in [-0.15, -0.1) is 11.3 Å². The van der Waals surface area contributed by atoms with Crippen LogP contribution in [0.15, 0.2) is 12.1 Å². The Hall–Kier alpha value is -0.870. The van der Waals surface area contributed by atoms with Crippen LogP contribution in [0.25, 0.3) is 0 Å². The van der Waals surface area contributed by atoms with Crippen molar-refractivity contribution in [2.24, 2.45) is 0 Å². The van der Waals surface area contributed by atoms with E-state index in [1.165, 1.54) is 4.88 Å². The largest absolute Gasteiger partial charge is 0.347 e. The molecule has 0 saturated carbocycles. The molecule has 1 saturated heterocycles. The van der Waals surface area contributed by atoms with Crippen LogP contribution in [0, 0.1) is 0 Å². The van der Waals surface area contributed by atoms with Crippen molar-refractivity contribution >= 4 is 17.2 Å². The van der Waals surface area contributed by atoms with E-state index >= 15 is 0 Å². The predicted octanol–water partition coefficient (Wildman–Crippen LogP) is 1.79. The number of rotatable bonds is 3. The van der Waals surface area contributed by atoms with Gasteiger partial charge in [0.2, 0.25) is 0 Å². The lowest BCUT2D eigenvalue weighted by atomic mass is 10.1. The minimum Gasteiger partial charge on any atom is -0.347 e. The summed E-state index contributed by atoms with van der Waals surface area (Å²) >= 11 is 1.60. The summed E-state index contributed by atoms with van der Waals surface area (Å²) in [5.41, 5.74) is 0. The molecule has 4 heteroatoms. The van der Waals surface area contributed by atoms with E-state index in [1.54, 1.807) is 11.3 Å². The molecule has 2 rings (SSSR count). The molecule has 0 aromatic carbocycles. The fourth-order valence-electron chi connectivity index (χ4n) is 1.92. The van der Waals surface area contributed by atoms with Gasteiger partial charge >= 0.3 is 0 Å². The predicted molar refractivity (Wildman–Crippen MR) is 67.1 cm³/mol. The third-order valence-corrected chi connectivity index (χ3v) is 4.09. The van der Waals surface area contributed by atoms with Gasteiger partial charge in [0.05, 0.1) is 4.88 Å². The van der Waals surface area contributed by atoms with E-state index < -0.39 is 0 Å². The molecule has 1 aromatic heterocycles. The molecule has 0 bridgehead atoms. The molecular weight excluding hydrogens is 220 g/mol. The molecule has 88 valence electrons. The van der Waals surface area contributed by atoms with Crippen molar-refractivity contribution in [1.82, 2.24) is 10.6 Å². The summed E-state index contributed by atoms with van der Waals surface area (Å²) in [5, 5.41) is 6.38. The number of carbonyl (C=O) groups excluding carboxylic acids is 1. The fraction of sp³-hybridized carbons (Fsp3) is 0.583. The molecule has 0 unspecified atom stereocenters. The fourth-order valence-corrected chi connectivity index (χ4v) is 2.77. The Labute approximate surface area is 100 Å². The van der Waals surface area contributed by atoms with Gasteiger partial charge in [-0.25, -0.2) is 0 Å². The Morgan fingerprint density at radius 3 is 3.12 bits per heavy atom. The van der Waals surface area contributed by atoms with Crippen LogP contribution in [0.2, 0.25) is 0 Å². The van der Waals surface area contributed by atoms with Crippen LogP contribution in [0.3, 0.4) is 0 Å². The normalized spacial score (nSPS) is 20.7. The molecule has 3 nitrogen and oxygen atoms in total. The first kappa shape index (κ1) is 11.6. The summed E-state index contributed by atoms with van der Waals surface area (Å²) in [6, 6.07) is 4.27. The second kappa shape index (κ2) is 5.46. The highest BCUT2D eigenvalue weighted by Crippen LogP contribution is 2.17. The number of aryl methyl sites for hydroxylation is 1. The summed E-state index contributed by atoms with van der Waals surface area (Å²) in [6.45, 7) is 4.08. The standard InChI is InChI=1S/C12H18N2OS/c1-2-10-5-6-11(16-10)12(15)14-9-4-3-7-13-8-9/h5-6,9,13H,2-4,7-8H2,1H3,(H,14,15)/t9-/m0/s1. The molecule has 0 aliphatic carbocycles. The lowest BCUT2D eigenvalue weighted by Crippen LogP contribution is -2.45. The van der Waals surface area contributed by atoms with Gasteiger partial charge in [-0.05, 0) is 37.9 Å². The van der Waals surface area contributed by atoms with Crippen molar-refractivity contribution in [1.29, 1.82) is 0 Å². The Balaban J connectivity index is 1.91. The minimum absolute atomic E-state index is 0.0819. The Bertz CT molecular complexity index is 356. The molecule has 1 fully saturated rings. The molecule has 1 amide bonds. The summed E-state index contributed by atoms with van der Waals surface area (Å²) in [4.78, 5) is 14.0. The smallest absolute Gasteiger partial charge is 0.261 e. The Morgan fingerprint density at radius 1 is 1.62 bits per heavy atom. The number of hydrogen-bond acceptors (Lipinski definition) is 3. The van der Waals surface area contributed by atoms with E-state index in [1.807, 2.05) is 12.1 Å². The first-order chi connectivity index (χ1) is 7.79. The van der Waals surface area contributed by atoms with E-state index in [-0.39, 0.29) is 5.91 Å². The van der Waals surface area contributed by atoms with Crippen LogP contribution < -0.4 is 10.6 Å². The Kier molecular flexibility index (Phi) is 3.96. The number of hydrogen-bond donors (Lipinski definition) is 2. The average Bonchev–Trinajstić information content (AvgIpc) is 2.79. The zero-order chi connectivity index (χ0) is 11.4. The van der Waals surface area contributed by atoms with Crippen LogP contribution in [0.5, 0.6) is 0 Å². The SMILES string of the molecule is CCc1ccc(C(=O)N[C@H]2CCCNC2)s1.